The zero-order valence-electron chi connectivity index (χ0n) is 21.3. The van der Waals surface area contributed by atoms with E-state index in [-0.39, 0.29) is 24.5 Å². The zero-order valence-corrected chi connectivity index (χ0v) is 21.3. The first-order valence-electron chi connectivity index (χ1n) is 11.6. The fourth-order valence-corrected chi connectivity index (χ4v) is 4.43. The van der Waals surface area contributed by atoms with Crippen molar-refractivity contribution in [3.63, 3.8) is 0 Å². The summed E-state index contributed by atoms with van der Waals surface area (Å²) in [4.78, 5) is 60.5. The largest absolute Gasteiger partial charge is 0.463 e. The molecular weight excluding hydrogens is 508 g/mol. The molecule has 0 spiro atoms. The molecule has 206 valence electrons. The second-order valence-electron chi connectivity index (χ2n) is 8.60. The van der Waals surface area contributed by atoms with Gasteiger partial charge in [-0.25, -0.2) is 15.0 Å². The Labute approximate surface area is 216 Å². The Balaban J connectivity index is 1.65. The average molecular weight is 536 g/mol. The van der Waals surface area contributed by atoms with Gasteiger partial charge in [0.15, 0.2) is 35.4 Å². The van der Waals surface area contributed by atoms with Crippen LogP contribution in [-0.2, 0) is 47.6 Å². The summed E-state index contributed by atoms with van der Waals surface area (Å²) >= 11 is 0. The number of aromatic nitrogens is 4. The SMILES string of the molecule is COC1(OC)CC(Nc2ncnc3c2ncn3[C@@H]2O[C@H](COC(C)=O)[C@@H](OC(C)=O)[C@H]2OC(C)=O)NC1=O. The van der Waals surface area contributed by atoms with Crippen LogP contribution >= 0.6 is 0 Å². The van der Waals surface area contributed by atoms with Crippen molar-refractivity contribution in [1.82, 2.24) is 24.8 Å². The number of fused-ring (bicyclic) bond motifs is 1. The summed E-state index contributed by atoms with van der Waals surface area (Å²) in [6, 6.07) is 0. The Kier molecular flexibility index (Phi) is 7.75. The third-order valence-corrected chi connectivity index (χ3v) is 6.07. The van der Waals surface area contributed by atoms with Gasteiger partial charge in [-0.15, -0.1) is 0 Å². The predicted molar refractivity (Wildman–Crippen MR) is 124 cm³/mol. The van der Waals surface area contributed by atoms with Crippen LogP contribution in [-0.4, -0.2) is 94.4 Å². The van der Waals surface area contributed by atoms with Gasteiger partial charge in [0.25, 0.3) is 11.7 Å². The van der Waals surface area contributed by atoms with E-state index in [0.717, 1.165) is 0 Å². The molecule has 5 atom stereocenters. The first-order chi connectivity index (χ1) is 18.1. The molecule has 0 saturated carbocycles. The maximum Gasteiger partial charge on any atom is 0.303 e. The van der Waals surface area contributed by atoms with E-state index in [2.05, 4.69) is 25.6 Å². The Morgan fingerprint density at radius 1 is 1.08 bits per heavy atom. The maximum atomic E-state index is 12.4. The van der Waals surface area contributed by atoms with E-state index in [9.17, 15) is 19.2 Å². The molecule has 2 aliphatic heterocycles. The second kappa shape index (κ2) is 10.8. The van der Waals surface area contributed by atoms with Crippen molar-refractivity contribution in [3.8, 4) is 0 Å². The van der Waals surface area contributed by atoms with Gasteiger partial charge in [0.05, 0.1) is 12.7 Å². The summed E-state index contributed by atoms with van der Waals surface area (Å²) in [7, 11) is 2.74. The molecule has 0 bridgehead atoms. The lowest BCUT2D eigenvalue weighted by Gasteiger charge is -2.23. The molecule has 2 aromatic heterocycles. The number of esters is 3. The maximum absolute atomic E-state index is 12.4. The highest BCUT2D eigenvalue weighted by molar-refractivity contribution is 5.88. The van der Waals surface area contributed by atoms with Crippen LogP contribution in [0.15, 0.2) is 12.7 Å². The van der Waals surface area contributed by atoms with E-state index >= 15 is 0 Å². The van der Waals surface area contributed by atoms with Gasteiger partial charge in [-0.1, -0.05) is 0 Å². The Hall–Kier alpha value is -3.89. The topological polar surface area (TPSA) is 191 Å². The molecule has 2 aromatic rings. The van der Waals surface area contributed by atoms with E-state index in [1.165, 1.54) is 52.2 Å². The Morgan fingerprint density at radius 3 is 2.37 bits per heavy atom. The molecule has 38 heavy (non-hydrogen) atoms. The minimum Gasteiger partial charge on any atom is -0.463 e. The van der Waals surface area contributed by atoms with Crippen molar-refractivity contribution in [2.24, 2.45) is 0 Å². The molecule has 2 aliphatic rings. The van der Waals surface area contributed by atoms with Crippen LogP contribution in [0.25, 0.3) is 11.2 Å². The highest BCUT2D eigenvalue weighted by atomic mass is 16.7. The number of anilines is 1. The zero-order chi connectivity index (χ0) is 27.6. The van der Waals surface area contributed by atoms with Crippen molar-refractivity contribution in [1.29, 1.82) is 0 Å². The quantitative estimate of drug-likeness (QED) is 0.234. The van der Waals surface area contributed by atoms with E-state index < -0.39 is 60.3 Å². The molecule has 16 heteroatoms. The number of nitrogens with one attached hydrogen (secondary N) is 2. The van der Waals surface area contributed by atoms with Gasteiger partial charge < -0.3 is 39.1 Å². The molecule has 1 unspecified atom stereocenters. The van der Waals surface area contributed by atoms with Crippen molar-refractivity contribution in [3.05, 3.63) is 12.7 Å². The van der Waals surface area contributed by atoms with Gasteiger partial charge in [-0.3, -0.25) is 23.7 Å². The van der Waals surface area contributed by atoms with E-state index in [4.69, 9.17) is 28.4 Å². The molecule has 4 heterocycles. The van der Waals surface area contributed by atoms with Crippen LogP contribution in [0, 0.1) is 0 Å². The summed E-state index contributed by atoms with van der Waals surface area (Å²) in [5, 5.41) is 5.83. The Morgan fingerprint density at radius 2 is 1.76 bits per heavy atom. The molecule has 0 aliphatic carbocycles. The molecule has 2 saturated heterocycles. The van der Waals surface area contributed by atoms with Gasteiger partial charge in [0.1, 0.15) is 25.2 Å². The van der Waals surface area contributed by atoms with Gasteiger partial charge in [-0.2, -0.15) is 0 Å². The lowest BCUT2D eigenvalue weighted by Crippen LogP contribution is -2.41. The lowest BCUT2D eigenvalue weighted by molar-refractivity contribution is -0.201. The molecule has 4 rings (SSSR count). The minimum atomic E-state index is -1.44. The summed E-state index contributed by atoms with van der Waals surface area (Å²) in [6.07, 6.45) is -1.96. The second-order valence-corrected chi connectivity index (χ2v) is 8.60. The monoisotopic (exact) mass is 536 g/mol. The van der Waals surface area contributed by atoms with Crippen LogP contribution in [0.5, 0.6) is 0 Å². The highest BCUT2D eigenvalue weighted by Gasteiger charge is 2.51. The lowest BCUT2D eigenvalue weighted by atomic mass is 10.1. The van der Waals surface area contributed by atoms with Crippen LogP contribution in [0.1, 0.15) is 33.4 Å². The number of hydrogen-bond donors (Lipinski definition) is 2. The fraction of sp³-hybridized carbons (Fsp3) is 0.591. The number of nitrogens with zero attached hydrogens (tertiary/aromatic N) is 4. The number of rotatable bonds is 9. The van der Waals surface area contributed by atoms with Crippen LogP contribution in [0.2, 0.25) is 0 Å². The predicted octanol–water partition coefficient (Wildman–Crippen LogP) is -0.603. The number of carbonyl (C=O) groups is 4. The van der Waals surface area contributed by atoms with Gasteiger partial charge in [0.2, 0.25) is 0 Å². The molecule has 2 N–H and O–H groups in total. The number of ether oxygens (including phenoxy) is 6. The highest BCUT2D eigenvalue weighted by Crippen LogP contribution is 2.36. The number of hydrogen-bond acceptors (Lipinski definition) is 14. The number of methoxy groups -OCH3 is 2. The van der Waals surface area contributed by atoms with Crippen LogP contribution in [0.3, 0.4) is 0 Å². The van der Waals surface area contributed by atoms with Gasteiger partial charge in [-0.05, 0) is 0 Å². The third-order valence-electron chi connectivity index (χ3n) is 6.07. The smallest absolute Gasteiger partial charge is 0.303 e. The third kappa shape index (κ3) is 5.23. The normalized spacial score (nSPS) is 26.1. The van der Waals surface area contributed by atoms with Crippen molar-refractivity contribution >= 4 is 40.8 Å². The molecule has 0 aromatic carbocycles. The van der Waals surface area contributed by atoms with Crippen LogP contribution in [0.4, 0.5) is 5.82 Å². The van der Waals surface area contributed by atoms with Crippen molar-refractivity contribution in [2.75, 3.05) is 26.1 Å². The Bertz CT molecular complexity index is 1230. The molecule has 0 radical (unpaired) electrons. The first-order valence-corrected chi connectivity index (χ1v) is 11.6. The average Bonchev–Trinajstić information content (AvgIpc) is 3.52. The fourth-order valence-electron chi connectivity index (χ4n) is 4.43. The van der Waals surface area contributed by atoms with Crippen LogP contribution < -0.4 is 10.6 Å². The summed E-state index contributed by atoms with van der Waals surface area (Å²) in [5.41, 5.74) is 0.597. The number of amides is 1. The molecule has 2 fully saturated rings. The molecular formula is C22H28N6O10. The van der Waals surface area contributed by atoms with E-state index in [0.29, 0.717) is 5.52 Å². The standard InChI is InChI=1S/C22H28N6O10/c1-10(29)35-7-13-16(36-11(2)30)17(37-12(3)31)20(38-13)28-9-25-15-18(23-8-24-19(15)28)26-14-6-22(33-4,34-5)21(32)27-14/h8-9,13-14,16-17,20H,6-7H2,1-5H3,(H,27,32)(H,23,24,26)/t13-,14?,16-,17-,20-/m1/s1. The van der Waals surface area contributed by atoms with Gasteiger partial charge in [0, 0.05) is 35.0 Å². The number of carbonyl (C=O) groups excluding carboxylic acids is 4. The van der Waals surface area contributed by atoms with Gasteiger partial charge >= 0.3 is 17.9 Å². The van der Waals surface area contributed by atoms with Crippen molar-refractivity contribution in [2.45, 2.75) is 63.7 Å². The summed E-state index contributed by atoms with van der Waals surface area (Å²) in [5.74, 6) is -3.46. The first kappa shape index (κ1) is 27.2. The summed E-state index contributed by atoms with van der Waals surface area (Å²) in [6.45, 7) is 3.37. The van der Waals surface area contributed by atoms with E-state index in [1.54, 1.807) is 0 Å². The minimum absolute atomic E-state index is 0.146. The van der Waals surface area contributed by atoms with E-state index in [1.807, 2.05) is 0 Å². The molecule has 1 amide bonds. The number of imidazole rings is 1. The van der Waals surface area contributed by atoms with Crippen molar-refractivity contribution < 1.29 is 47.6 Å². The molecule has 16 nitrogen and oxygen atoms in total. The summed E-state index contributed by atoms with van der Waals surface area (Å²) < 4.78 is 34.0.